The molecule has 0 bridgehead atoms. The SMILES string of the molecule is C=CCCNc1nnnn1-c1ccccc1. The number of nitrogens with one attached hydrogen (secondary N) is 1. The van der Waals surface area contributed by atoms with E-state index in [4.69, 9.17) is 0 Å². The van der Waals surface area contributed by atoms with Gasteiger partial charge in [-0.3, -0.25) is 0 Å². The number of para-hydroxylation sites is 1. The van der Waals surface area contributed by atoms with Crippen molar-refractivity contribution in [2.45, 2.75) is 6.42 Å². The zero-order chi connectivity index (χ0) is 11.2. The van der Waals surface area contributed by atoms with Crippen molar-refractivity contribution in [1.82, 2.24) is 20.2 Å². The smallest absolute Gasteiger partial charge is 0.247 e. The summed E-state index contributed by atoms with van der Waals surface area (Å²) in [7, 11) is 0. The Bertz CT molecular complexity index is 448. The van der Waals surface area contributed by atoms with Gasteiger partial charge in [-0.2, -0.15) is 4.68 Å². The van der Waals surface area contributed by atoms with Gasteiger partial charge < -0.3 is 5.32 Å². The van der Waals surface area contributed by atoms with Crippen LogP contribution in [-0.2, 0) is 0 Å². The molecule has 1 N–H and O–H groups in total. The molecule has 0 radical (unpaired) electrons. The van der Waals surface area contributed by atoms with Crippen molar-refractivity contribution in [2.75, 3.05) is 11.9 Å². The Balaban J connectivity index is 2.16. The monoisotopic (exact) mass is 215 g/mol. The Labute approximate surface area is 93.8 Å². The van der Waals surface area contributed by atoms with Gasteiger partial charge in [-0.25, -0.2) is 0 Å². The minimum atomic E-state index is 0.646. The summed E-state index contributed by atoms with van der Waals surface area (Å²) in [5.74, 6) is 0.646. The molecule has 2 rings (SSSR count). The Morgan fingerprint density at radius 2 is 2.12 bits per heavy atom. The minimum Gasteiger partial charge on any atom is -0.352 e. The highest BCUT2D eigenvalue weighted by molar-refractivity contribution is 5.38. The third kappa shape index (κ3) is 2.25. The molecule has 0 amide bonds. The maximum Gasteiger partial charge on any atom is 0.247 e. The van der Waals surface area contributed by atoms with Crippen LogP contribution < -0.4 is 5.32 Å². The normalized spacial score (nSPS) is 10.0. The molecule has 0 aliphatic rings. The molecule has 0 saturated heterocycles. The number of hydrogen-bond acceptors (Lipinski definition) is 4. The summed E-state index contributed by atoms with van der Waals surface area (Å²) in [6.07, 6.45) is 2.73. The number of nitrogens with zero attached hydrogens (tertiary/aromatic N) is 4. The largest absolute Gasteiger partial charge is 0.352 e. The predicted molar refractivity (Wildman–Crippen MR) is 62.5 cm³/mol. The van der Waals surface area contributed by atoms with Crippen LogP contribution in [0.15, 0.2) is 43.0 Å². The predicted octanol–water partition coefficient (Wildman–Crippen LogP) is 1.65. The van der Waals surface area contributed by atoms with Crippen molar-refractivity contribution in [3.8, 4) is 5.69 Å². The van der Waals surface area contributed by atoms with E-state index in [1.165, 1.54) is 0 Å². The fourth-order valence-electron chi connectivity index (χ4n) is 1.33. The van der Waals surface area contributed by atoms with E-state index in [2.05, 4.69) is 27.4 Å². The highest BCUT2D eigenvalue weighted by Crippen LogP contribution is 2.10. The third-order valence-corrected chi connectivity index (χ3v) is 2.10. The van der Waals surface area contributed by atoms with Crippen molar-refractivity contribution < 1.29 is 0 Å². The molecule has 1 aromatic heterocycles. The highest BCUT2D eigenvalue weighted by atomic mass is 15.6. The van der Waals surface area contributed by atoms with E-state index in [0.29, 0.717) is 5.95 Å². The van der Waals surface area contributed by atoms with Crippen molar-refractivity contribution in [3.63, 3.8) is 0 Å². The third-order valence-electron chi connectivity index (χ3n) is 2.10. The molecule has 0 spiro atoms. The Kier molecular flexibility index (Phi) is 3.28. The lowest BCUT2D eigenvalue weighted by molar-refractivity contribution is 0.789. The summed E-state index contributed by atoms with van der Waals surface area (Å²) < 4.78 is 1.67. The Morgan fingerprint density at radius 3 is 2.88 bits per heavy atom. The summed E-state index contributed by atoms with van der Waals surface area (Å²) in [6, 6.07) is 9.76. The first-order chi connectivity index (χ1) is 7.92. The van der Waals surface area contributed by atoms with Gasteiger partial charge in [0.1, 0.15) is 0 Å². The molecule has 0 atom stereocenters. The molecular weight excluding hydrogens is 202 g/mol. The van der Waals surface area contributed by atoms with E-state index in [1.54, 1.807) is 4.68 Å². The second-order valence-corrected chi connectivity index (χ2v) is 3.25. The van der Waals surface area contributed by atoms with Crippen molar-refractivity contribution >= 4 is 5.95 Å². The lowest BCUT2D eigenvalue weighted by atomic mass is 10.3. The van der Waals surface area contributed by atoms with Gasteiger partial charge in [0.2, 0.25) is 5.95 Å². The number of aromatic nitrogens is 4. The zero-order valence-corrected chi connectivity index (χ0v) is 8.87. The molecule has 0 aliphatic carbocycles. The number of anilines is 1. The first-order valence-electron chi connectivity index (χ1n) is 5.10. The fraction of sp³-hybridized carbons (Fsp3) is 0.182. The van der Waals surface area contributed by atoms with Crippen molar-refractivity contribution in [2.24, 2.45) is 0 Å². The number of hydrogen-bond donors (Lipinski definition) is 1. The van der Waals surface area contributed by atoms with Gasteiger partial charge in [-0.1, -0.05) is 29.4 Å². The van der Waals surface area contributed by atoms with Crippen LogP contribution in [-0.4, -0.2) is 26.8 Å². The number of benzene rings is 1. The van der Waals surface area contributed by atoms with Gasteiger partial charge in [-0.15, -0.1) is 6.58 Å². The fourth-order valence-corrected chi connectivity index (χ4v) is 1.33. The second kappa shape index (κ2) is 5.06. The molecule has 2 aromatic rings. The molecular formula is C11H13N5. The van der Waals surface area contributed by atoms with Crippen LogP contribution in [0.2, 0.25) is 0 Å². The average molecular weight is 215 g/mol. The second-order valence-electron chi connectivity index (χ2n) is 3.25. The van der Waals surface area contributed by atoms with Gasteiger partial charge in [0.15, 0.2) is 0 Å². The topological polar surface area (TPSA) is 55.6 Å². The minimum absolute atomic E-state index is 0.646. The summed E-state index contributed by atoms with van der Waals surface area (Å²) in [5.41, 5.74) is 0.939. The van der Waals surface area contributed by atoms with Gasteiger partial charge in [0, 0.05) is 6.54 Å². The molecule has 16 heavy (non-hydrogen) atoms. The summed E-state index contributed by atoms with van der Waals surface area (Å²) in [5, 5.41) is 14.7. The van der Waals surface area contributed by atoms with E-state index < -0.39 is 0 Å². The van der Waals surface area contributed by atoms with Crippen LogP contribution in [0, 0.1) is 0 Å². The lowest BCUT2D eigenvalue weighted by Gasteiger charge is -2.05. The van der Waals surface area contributed by atoms with Crippen LogP contribution in [0.5, 0.6) is 0 Å². The Hall–Kier alpha value is -2.17. The molecule has 5 nitrogen and oxygen atoms in total. The molecule has 82 valence electrons. The zero-order valence-electron chi connectivity index (χ0n) is 8.87. The molecule has 0 aliphatic heterocycles. The Morgan fingerprint density at radius 1 is 1.31 bits per heavy atom. The average Bonchev–Trinajstić information content (AvgIpc) is 2.79. The van der Waals surface area contributed by atoms with Gasteiger partial charge in [0.05, 0.1) is 5.69 Å². The van der Waals surface area contributed by atoms with Crippen LogP contribution >= 0.6 is 0 Å². The molecule has 0 unspecified atom stereocenters. The van der Waals surface area contributed by atoms with E-state index in [1.807, 2.05) is 36.4 Å². The van der Waals surface area contributed by atoms with E-state index >= 15 is 0 Å². The van der Waals surface area contributed by atoms with Gasteiger partial charge in [0.25, 0.3) is 0 Å². The van der Waals surface area contributed by atoms with Crippen molar-refractivity contribution in [3.05, 3.63) is 43.0 Å². The summed E-state index contributed by atoms with van der Waals surface area (Å²) in [6.45, 7) is 4.44. The van der Waals surface area contributed by atoms with E-state index in [-0.39, 0.29) is 0 Å². The summed E-state index contributed by atoms with van der Waals surface area (Å²) in [4.78, 5) is 0. The number of tetrazole rings is 1. The maximum absolute atomic E-state index is 3.93. The van der Waals surface area contributed by atoms with Gasteiger partial charge in [-0.05, 0) is 29.0 Å². The van der Waals surface area contributed by atoms with Crippen LogP contribution in [0.3, 0.4) is 0 Å². The van der Waals surface area contributed by atoms with Crippen molar-refractivity contribution in [1.29, 1.82) is 0 Å². The van der Waals surface area contributed by atoms with Crippen LogP contribution in [0.25, 0.3) is 5.69 Å². The maximum atomic E-state index is 3.93. The standard InChI is InChI=1S/C11H13N5/c1-2-3-9-12-11-13-14-15-16(11)10-7-5-4-6-8-10/h2,4-8H,1,3,9H2,(H,12,13,15). The van der Waals surface area contributed by atoms with E-state index in [9.17, 15) is 0 Å². The highest BCUT2D eigenvalue weighted by Gasteiger charge is 2.05. The number of rotatable bonds is 5. The molecule has 5 heteroatoms. The molecule has 0 fully saturated rings. The van der Waals surface area contributed by atoms with Gasteiger partial charge >= 0.3 is 0 Å². The molecule has 0 saturated carbocycles. The lowest BCUT2D eigenvalue weighted by Crippen LogP contribution is -2.08. The molecule has 1 aromatic carbocycles. The first kappa shape index (κ1) is 10.4. The van der Waals surface area contributed by atoms with E-state index in [0.717, 1.165) is 18.7 Å². The quantitative estimate of drug-likeness (QED) is 0.608. The molecule has 1 heterocycles. The summed E-state index contributed by atoms with van der Waals surface area (Å²) >= 11 is 0. The first-order valence-corrected chi connectivity index (χ1v) is 5.10. The van der Waals surface area contributed by atoms with Crippen LogP contribution in [0.1, 0.15) is 6.42 Å². The van der Waals surface area contributed by atoms with Crippen LogP contribution in [0.4, 0.5) is 5.95 Å².